The Hall–Kier alpha value is -1.03. The Balaban J connectivity index is 2.52. The molecular weight excluding hydrogens is 260 g/mol. The predicted octanol–water partition coefficient (Wildman–Crippen LogP) is 3.50. The molecule has 0 bridgehead atoms. The van der Waals surface area contributed by atoms with E-state index < -0.39 is 0 Å². The number of rotatable bonds is 3. The van der Waals surface area contributed by atoms with Crippen molar-refractivity contribution in [2.24, 2.45) is 18.4 Å². The summed E-state index contributed by atoms with van der Waals surface area (Å²) in [6.45, 7) is 12.0. The first-order valence-corrected chi connectivity index (χ1v) is 7.23. The van der Waals surface area contributed by atoms with Crippen molar-refractivity contribution in [1.82, 2.24) is 19.3 Å². The van der Waals surface area contributed by atoms with Crippen molar-refractivity contribution in [3.05, 3.63) is 11.5 Å². The average Bonchev–Trinajstić information content (AvgIpc) is 2.78. The SMILES string of the molecule is Cc1nn(C)c2c1nc(CCl)n2CC(C)C(C)(C)C. The topological polar surface area (TPSA) is 35.6 Å². The largest absolute Gasteiger partial charge is 0.312 e. The number of alkyl halides is 1. The van der Waals surface area contributed by atoms with Gasteiger partial charge in [-0.15, -0.1) is 11.6 Å². The maximum absolute atomic E-state index is 6.05. The molecule has 106 valence electrons. The number of aryl methyl sites for hydroxylation is 2. The zero-order valence-electron chi connectivity index (χ0n) is 12.7. The molecule has 0 aromatic carbocycles. The first-order valence-electron chi connectivity index (χ1n) is 6.70. The third-order valence-electron chi connectivity index (χ3n) is 4.02. The van der Waals surface area contributed by atoms with E-state index in [9.17, 15) is 0 Å². The highest BCUT2D eigenvalue weighted by atomic mass is 35.5. The second-order valence-corrected chi connectivity index (χ2v) is 6.69. The van der Waals surface area contributed by atoms with Gasteiger partial charge in [0, 0.05) is 13.6 Å². The van der Waals surface area contributed by atoms with E-state index in [0.29, 0.717) is 11.8 Å². The van der Waals surface area contributed by atoms with Gasteiger partial charge in [-0.25, -0.2) is 4.98 Å². The minimum atomic E-state index is 0.258. The fraction of sp³-hybridized carbons (Fsp3) is 0.714. The van der Waals surface area contributed by atoms with Crippen LogP contribution in [0.4, 0.5) is 0 Å². The molecule has 0 saturated carbocycles. The molecule has 1 unspecified atom stereocenters. The number of nitrogens with zero attached hydrogens (tertiary/aromatic N) is 4. The van der Waals surface area contributed by atoms with E-state index in [-0.39, 0.29) is 5.41 Å². The standard InChI is InChI=1S/C14H23ClN4/c1-9(14(3,4)5)8-19-11(7-15)16-12-10(2)17-18(6)13(12)19/h9H,7-8H2,1-6H3. The van der Waals surface area contributed by atoms with Gasteiger partial charge in [0.1, 0.15) is 11.3 Å². The number of aromatic nitrogens is 4. The number of imidazole rings is 1. The van der Waals surface area contributed by atoms with Crippen LogP contribution in [0.3, 0.4) is 0 Å². The van der Waals surface area contributed by atoms with Crippen LogP contribution in [0.2, 0.25) is 0 Å². The molecule has 0 N–H and O–H groups in total. The molecule has 0 spiro atoms. The molecule has 0 aliphatic carbocycles. The van der Waals surface area contributed by atoms with Crippen molar-refractivity contribution in [2.75, 3.05) is 0 Å². The molecule has 19 heavy (non-hydrogen) atoms. The Morgan fingerprint density at radius 2 is 1.95 bits per heavy atom. The lowest BCUT2D eigenvalue weighted by atomic mass is 9.82. The van der Waals surface area contributed by atoms with Crippen LogP contribution in [-0.4, -0.2) is 19.3 Å². The Morgan fingerprint density at radius 3 is 2.47 bits per heavy atom. The van der Waals surface area contributed by atoms with Crippen molar-refractivity contribution in [3.8, 4) is 0 Å². The molecule has 5 heteroatoms. The molecule has 1 atom stereocenters. The van der Waals surface area contributed by atoms with Crippen molar-refractivity contribution in [3.63, 3.8) is 0 Å². The van der Waals surface area contributed by atoms with Crippen LogP contribution >= 0.6 is 11.6 Å². The third-order valence-corrected chi connectivity index (χ3v) is 4.26. The van der Waals surface area contributed by atoms with Crippen LogP contribution in [-0.2, 0) is 19.5 Å². The second-order valence-electron chi connectivity index (χ2n) is 6.42. The van der Waals surface area contributed by atoms with Gasteiger partial charge in [-0.1, -0.05) is 27.7 Å². The van der Waals surface area contributed by atoms with Gasteiger partial charge in [0.05, 0.1) is 11.6 Å². The Morgan fingerprint density at radius 1 is 1.32 bits per heavy atom. The van der Waals surface area contributed by atoms with Crippen LogP contribution in [0.25, 0.3) is 11.2 Å². The minimum Gasteiger partial charge on any atom is -0.312 e. The summed E-state index contributed by atoms with van der Waals surface area (Å²) in [7, 11) is 1.97. The number of hydrogen-bond donors (Lipinski definition) is 0. The molecule has 2 aromatic rings. The van der Waals surface area contributed by atoms with E-state index >= 15 is 0 Å². The number of halogens is 1. The maximum atomic E-state index is 6.05. The quantitative estimate of drug-likeness (QED) is 0.808. The molecule has 2 aromatic heterocycles. The summed E-state index contributed by atoms with van der Waals surface area (Å²) < 4.78 is 4.13. The molecular formula is C14H23ClN4. The summed E-state index contributed by atoms with van der Waals surface area (Å²) in [5.74, 6) is 1.90. The second kappa shape index (κ2) is 4.82. The van der Waals surface area contributed by atoms with E-state index in [1.54, 1.807) is 0 Å². The summed E-state index contributed by atoms with van der Waals surface area (Å²) in [4.78, 5) is 4.63. The summed E-state index contributed by atoms with van der Waals surface area (Å²) >= 11 is 6.05. The van der Waals surface area contributed by atoms with Gasteiger partial charge in [0.25, 0.3) is 0 Å². The van der Waals surface area contributed by atoms with Crippen molar-refractivity contribution >= 4 is 22.8 Å². The van der Waals surface area contributed by atoms with Crippen molar-refractivity contribution in [1.29, 1.82) is 0 Å². The van der Waals surface area contributed by atoms with Crippen molar-refractivity contribution < 1.29 is 0 Å². The molecule has 0 aliphatic heterocycles. The van der Waals surface area contributed by atoms with E-state index in [2.05, 4.69) is 42.3 Å². The zero-order chi connectivity index (χ0) is 14.4. The lowest BCUT2D eigenvalue weighted by Gasteiger charge is -2.28. The maximum Gasteiger partial charge on any atom is 0.158 e. The summed E-state index contributed by atoms with van der Waals surface area (Å²) in [5, 5.41) is 4.45. The monoisotopic (exact) mass is 282 g/mol. The average molecular weight is 283 g/mol. The van der Waals surface area contributed by atoms with E-state index in [4.69, 9.17) is 11.6 Å². The van der Waals surface area contributed by atoms with Crippen LogP contribution in [0, 0.1) is 18.3 Å². The van der Waals surface area contributed by atoms with Gasteiger partial charge >= 0.3 is 0 Å². The van der Waals surface area contributed by atoms with Gasteiger partial charge in [0.2, 0.25) is 0 Å². The van der Waals surface area contributed by atoms with Gasteiger partial charge in [-0.3, -0.25) is 4.68 Å². The normalized spacial score (nSPS) is 14.3. The molecule has 2 heterocycles. The molecule has 2 rings (SSSR count). The lowest BCUT2D eigenvalue weighted by Crippen LogP contribution is -2.23. The summed E-state index contributed by atoms with van der Waals surface area (Å²) in [6, 6.07) is 0. The van der Waals surface area contributed by atoms with Crippen LogP contribution in [0.5, 0.6) is 0 Å². The van der Waals surface area contributed by atoms with E-state index in [0.717, 1.165) is 29.2 Å². The van der Waals surface area contributed by atoms with Crippen LogP contribution < -0.4 is 0 Å². The lowest BCUT2D eigenvalue weighted by molar-refractivity contribution is 0.232. The highest BCUT2D eigenvalue weighted by Crippen LogP contribution is 2.29. The van der Waals surface area contributed by atoms with Gasteiger partial charge in [-0.2, -0.15) is 5.10 Å². The molecule has 0 amide bonds. The Labute approximate surface area is 119 Å². The first-order chi connectivity index (χ1) is 8.75. The highest BCUT2D eigenvalue weighted by Gasteiger charge is 2.24. The van der Waals surface area contributed by atoms with Crippen molar-refractivity contribution in [2.45, 2.75) is 47.0 Å². The Bertz CT molecular complexity index is 589. The Kier molecular flexibility index (Phi) is 3.65. The number of fused-ring (bicyclic) bond motifs is 1. The smallest absolute Gasteiger partial charge is 0.158 e. The van der Waals surface area contributed by atoms with Crippen LogP contribution in [0.1, 0.15) is 39.2 Å². The van der Waals surface area contributed by atoms with Crippen LogP contribution in [0.15, 0.2) is 0 Å². The van der Waals surface area contributed by atoms with Gasteiger partial charge in [0.15, 0.2) is 5.65 Å². The van der Waals surface area contributed by atoms with E-state index in [1.165, 1.54) is 0 Å². The van der Waals surface area contributed by atoms with Gasteiger partial charge < -0.3 is 4.57 Å². The predicted molar refractivity (Wildman–Crippen MR) is 79.4 cm³/mol. The summed E-state index contributed by atoms with van der Waals surface area (Å²) in [6.07, 6.45) is 0. The number of hydrogen-bond acceptors (Lipinski definition) is 2. The molecule has 4 nitrogen and oxygen atoms in total. The van der Waals surface area contributed by atoms with E-state index in [1.807, 2.05) is 18.7 Å². The fourth-order valence-corrected chi connectivity index (χ4v) is 2.43. The molecule has 0 radical (unpaired) electrons. The van der Waals surface area contributed by atoms with Gasteiger partial charge in [-0.05, 0) is 18.3 Å². The fourth-order valence-electron chi connectivity index (χ4n) is 2.22. The molecule has 0 aliphatic rings. The highest BCUT2D eigenvalue weighted by molar-refractivity contribution is 6.16. The third kappa shape index (κ3) is 2.50. The zero-order valence-corrected chi connectivity index (χ0v) is 13.4. The molecule has 0 saturated heterocycles. The summed E-state index contributed by atoms with van der Waals surface area (Å²) in [5.41, 5.74) is 3.27. The minimum absolute atomic E-state index is 0.258. The first kappa shape index (κ1) is 14.4. The molecule has 0 fully saturated rings.